The predicted octanol–water partition coefficient (Wildman–Crippen LogP) is 4.21. The molecule has 0 atom stereocenters. The van der Waals surface area contributed by atoms with Crippen LogP contribution in [0.5, 0.6) is 5.75 Å². The summed E-state index contributed by atoms with van der Waals surface area (Å²) in [4.78, 5) is 16.3. The highest BCUT2D eigenvalue weighted by molar-refractivity contribution is 7.07. The maximum atomic E-state index is 12.1. The van der Waals surface area contributed by atoms with Gasteiger partial charge in [-0.15, -0.1) is 11.3 Å². The Kier molecular flexibility index (Phi) is 5.06. The van der Waals surface area contributed by atoms with Gasteiger partial charge in [-0.25, -0.2) is 9.78 Å². The van der Waals surface area contributed by atoms with E-state index < -0.39 is 0 Å². The number of esters is 1. The Morgan fingerprint density at radius 2 is 1.95 bits per heavy atom. The summed E-state index contributed by atoms with van der Waals surface area (Å²) in [6.07, 6.45) is 5.62. The van der Waals surface area contributed by atoms with Crippen molar-refractivity contribution >= 4 is 17.3 Å². The molecule has 5 heteroatoms. The van der Waals surface area contributed by atoms with Crippen molar-refractivity contribution in [2.45, 2.75) is 44.8 Å². The lowest BCUT2D eigenvalue weighted by Gasteiger charge is -2.21. The van der Waals surface area contributed by atoms with Gasteiger partial charge in [0.15, 0.2) is 0 Å². The molecule has 1 aliphatic carbocycles. The SMILES string of the molecule is O=C(OC1CCCCC1)c1ccc(OCc2cscn2)cc1. The van der Waals surface area contributed by atoms with Crippen LogP contribution in [0.3, 0.4) is 0 Å². The first kappa shape index (κ1) is 15.0. The Balaban J connectivity index is 1.52. The van der Waals surface area contributed by atoms with E-state index in [1.807, 2.05) is 5.38 Å². The predicted molar refractivity (Wildman–Crippen MR) is 85.2 cm³/mol. The van der Waals surface area contributed by atoms with E-state index in [9.17, 15) is 4.79 Å². The molecule has 1 aliphatic rings. The van der Waals surface area contributed by atoms with E-state index in [1.54, 1.807) is 41.1 Å². The number of benzene rings is 1. The van der Waals surface area contributed by atoms with Crippen molar-refractivity contribution in [3.63, 3.8) is 0 Å². The van der Waals surface area contributed by atoms with E-state index in [2.05, 4.69) is 4.98 Å². The zero-order valence-electron chi connectivity index (χ0n) is 12.4. The van der Waals surface area contributed by atoms with Gasteiger partial charge in [0.05, 0.1) is 16.8 Å². The van der Waals surface area contributed by atoms with Crippen LogP contribution in [0.15, 0.2) is 35.2 Å². The van der Waals surface area contributed by atoms with Crippen molar-refractivity contribution in [2.75, 3.05) is 0 Å². The number of thiazole rings is 1. The monoisotopic (exact) mass is 317 g/mol. The molecule has 0 aliphatic heterocycles. The molecular weight excluding hydrogens is 298 g/mol. The Bertz CT molecular complexity index is 589. The summed E-state index contributed by atoms with van der Waals surface area (Å²) in [5, 5.41) is 1.95. The number of carbonyl (C=O) groups is 1. The van der Waals surface area contributed by atoms with Gasteiger partial charge in [-0.1, -0.05) is 6.42 Å². The third-order valence-electron chi connectivity index (χ3n) is 3.79. The Hall–Kier alpha value is -1.88. The van der Waals surface area contributed by atoms with Gasteiger partial charge in [-0.05, 0) is 49.9 Å². The van der Waals surface area contributed by atoms with Crippen molar-refractivity contribution in [1.82, 2.24) is 4.98 Å². The smallest absolute Gasteiger partial charge is 0.338 e. The van der Waals surface area contributed by atoms with Gasteiger partial charge >= 0.3 is 5.97 Å². The van der Waals surface area contributed by atoms with Crippen molar-refractivity contribution < 1.29 is 14.3 Å². The standard InChI is InChI=1S/C17H19NO3S/c19-17(21-16-4-2-1-3-5-16)13-6-8-15(9-7-13)20-10-14-11-22-12-18-14/h6-9,11-12,16H,1-5,10H2. The molecule has 1 fully saturated rings. The number of rotatable bonds is 5. The Morgan fingerprint density at radius 1 is 1.18 bits per heavy atom. The fraction of sp³-hybridized carbons (Fsp3) is 0.412. The Morgan fingerprint density at radius 3 is 2.64 bits per heavy atom. The molecule has 1 saturated carbocycles. The maximum absolute atomic E-state index is 12.1. The van der Waals surface area contributed by atoms with Gasteiger partial charge in [0.2, 0.25) is 0 Å². The summed E-state index contributed by atoms with van der Waals surface area (Å²) in [6, 6.07) is 7.09. The quantitative estimate of drug-likeness (QED) is 0.775. The number of ether oxygens (including phenoxy) is 2. The molecule has 3 rings (SSSR count). The third-order valence-corrected chi connectivity index (χ3v) is 4.42. The molecule has 0 bridgehead atoms. The second-order valence-electron chi connectivity index (χ2n) is 5.46. The minimum atomic E-state index is -0.238. The largest absolute Gasteiger partial charge is 0.487 e. The molecule has 0 saturated heterocycles. The summed E-state index contributed by atoms with van der Waals surface area (Å²) >= 11 is 1.55. The minimum Gasteiger partial charge on any atom is -0.487 e. The molecular formula is C17H19NO3S. The van der Waals surface area contributed by atoms with Crippen LogP contribution in [0.1, 0.15) is 48.2 Å². The van der Waals surface area contributed by atoms with Crippen molar-refractivity contribution in [2.24, 2.45) is 0 Å². The van der Waals surface area contributed by atoms with Gasteiger partial charge < -0.3 is 9.47 Å². The van der Waals surface area contributed by atoms with Gasteiger partial charge in [0, 0.05) is 5.38 Å². The number of aromatic nitrogens is 1. The second-order valence-corrected chi connectivity index (χ2v) is 6.18. The van der Waals surface area contributed by atoms with Crippen LogP contribution in [0, 0.1) is 0 Å². The molecule has 0 spiro atoms. The van der Waals surface area contributed by atoms with Crippen LogP contribution in [0.4, 0.5) is 0 Å². The molecule has 0 unspecified atom stereocenters. The molecule has 2 aromatic rings. The lowest BCUT2D eigenvalue weighted by molar-refractivity contribution is 0.0211. The van der Waals surface area contributed by atoms with Gasteiger partial charge in [0.1, 0.15) is 18.5 Å². The van der Waals surface area contributed by atoms with E-state index in [0.717, 1.165) is 37.1 Å². The van der Waals surface area contributed by atoms with Gasteiger partial charge in [-0.2, -0.15) is 0 Å². The van der Waals surface area contributed by atoms with E-state index in [4.69, 9.17) is 9.47 Å². The Labute approximate surface area is 134 Å². The lowest BCUT2D eigenvalue weighted by atomic mass is 9.98. The molecule has 1 heterocycles. The minimum absolute atomic E-state index is 0.0850. The summed E-state index contributed by atoms with van der Waals surface area (Å²) in [5.74, 6) is 0.486. The van der Waals surface area contributed by atoms with E-state index >= 15 is 0 Å². The first-order valence-corrected chi connectivity index (χ1v) is 8.56. The molecule has 0 radical (unpaired) electrons. The molecule has 1 aromatic carbocycles. The summed E-state index contributed by atoms with van der Waals surface area (Å²) in [7, 11) is 0. The molecule has 4 nitrogen and oxygen atoms in total. The number of nitrogens with zero attached hydrogens (tertiary/aromatic N) is 1. The van der Waals surface area contributed by atoms with Crippen molar-refractivity contribution in [3.05, 3.63) is 46.4 Å². The first-order valence-electron chi connectivity index (χ1n) is 7.62. The van der Waals surface area contributed by atoms with Crippen molar-refractivity contribution in [3.8, 4) is 5.75 Å². The van der Waals surface area contributed by atoms with E-state index in [-0.39, 0.29) is 12.1 Å². The number of hydrogen-bond acceptors (Lipinski definition) is 5. The van der Waals surface area contributed by atoms with E-state index in [1.165, 1.54) is 6.42 Å². The fourth-order valence-electron chi connectivity index (χ4n) is 2.56. The maximum Gasteiger partial charge on any atom is 0.338 e. The van der Waals surface area contributed by atoms with Gasteiger partial charge in [-0.3, -0.25) is 0 Å². The summed E-state index contributed by atoms with van der Waals surface area (Å²) in [6.45, 7) is 0.440. The third kappa shape index (κ3) is 4.07. The van der Waals surface area contributed by atoms with Crippen molar-refractivity contribution in [1.29, 1.82) is 0 Å². The molecule has 0 N–H and O–H groups in total. The highest BCUT2D eigenvalue weighted by Gasteiger charge is 2.18. The number of hydrogen-bond donors (Lipinski definition) is 0. The molecule has 1 aromatic heterocycles. The average molecular weight is 317 g/mol. The highest BCUT2D eigenvalue weighted by atomic mass is 32.1. The van der Waals surface area contributed by atoms with Crippen LogP contribution in [-0.2, 0) is 11.3 Å². The van der Waals surface area contributed by atoms with Crippen LogP contribution < -0.4 is 4.74 Å². The zero-order chi connectivity index (χ0) is 15.2. The second kappa shape index (κ2) is 7.40. The number of carbonyl (C=O) groups excluding carboxylic acids is 1. The van der Waals surface area contributed by atoms with Crippen LogP contribution in [0.25, 0.3) is 0 Å². The fourth-order valence-corrected chi connectivity index (χ4v) is 3.10. The average Bonchev–Trinajstić information content (AvgIpc) is 3.08. The summed E-state index contributed by atoms with van der Waals surface area (Å²) < 4.78 is 11.2. The van der Waals surface area contributed by atoms with Crippen LogP contribution in [0.2, 0.25) is 0 Å². The topological polar surface area (TPSA) is 48.4 Å². The normalized spacial score (nSPS) is 15.5. The van der Waals surface area contributed by atoms with Crippen LogP contribution >= 0.6 is 11.3 Å². The zero-order valence-corrected chi connectivity index (χ0v) is 13.2. The highest BCUT2D eigenvalue weighted by Crippen LogP contribution is 2.22. The van der Waals surface area contributed by atoms with E-state index in [0.29, 0.717) is 12.2 Å². The molecule has 116 valence electrons. The first-order chi connectivity index (χ1) is 10.8. The van der Waals surface area contributed by atoms with Crippen LogP contribution in [-0.4, -0.2) is 17.1 Å². The molecule has 0 amide bonds. The molecule has 22 heavy (non-hydrogen) atoms. The summed E-state index contributed by atoms with van der Waals surface area (Å²) in [5.41, 5.74) is 3.26. The lowest BCUT2D eigenvalue weighted by Crippen LogP contribution is -2.20. The van der Waals surface area contributed by atoms with Gasteiger partial charge in [0.25, 0.3) is 0 Å².